The molecule has 0 radical (unpaired) electrons. The lowest BCUT2D eigenvalue weighted by atomic mass is 9.70. The predicted molar refractivity (Wildman–Crippen MR) is 92.8 cm³/mol. The third kappa shape index (κ3) is 3.42. The van der Waals surface area contributed by atoms with E-state index >= 15 is 0 Å². The van der Waals surface area contributed by atoms with E-state index in [4.69, 9.17) is 5.73 Å². The smallest absolute Gasteiger partial charge is 0.0526 e. The van der Waals surface area contributed by atoms with Gasteiger partial charge in [0.2, 0.25) is 0 Å². The number of aryl methyl sites for hydroxylation is 1. The van der Waals surface area contributed by atoms with Gasteiger partial charge in [-0.05, 0) is 50.7 Å². The molecule has 1 aromatic carbocycles. The molecule has 0 aromatic heterocycles. The van der Waals surface area contributed by atoms with Gasteiger partial charge in [0.05, 0.1) is 5.54 Å². The lowest BCUT2D eigenvalue weighted by Gasteiger charge is -2.50. The molecule has 1 saturated carbocycles. The van der Waals surface area contributed by atoms with Crippen LogP contribution in [0.2, 0.25) is 0 Å². The van der Waals surface area contributed by atoms with Crippen molar-refractivity contribution in [2.75, 3.05) is 18.0 Å². The van der Waals surface area contributed by atoms with E-state index in [0.29, 0.717) is 0 Å². The van der Waals surface area contributed by atoms with Crippen LogP contribution in [0.25, 0.3) is 0 Å². The molecular weight excluding hydrogens is 256 g/mol. The summed E-state index contributed by atoms with van der Waals surface area (Å²) in [7, 11) is 0. The van der Waals surface area contributed by atoms with Crippen molar-refractivity contribution in [1.29, 1.82) is 0 Å². The summed E-state index contributed by atoms with van der Waals surface area (Å²) in [6.45, 7) is 10.9. The Hall–Kier alpha value is -1.02. The fourth-order valence-corrected chi connectivity index (χ4v) is 4.01. The molecule has 2 N–H and O–H groups in total. The third-order valence-electron chi connectivity index (χ3n) is 5.42. The van der Waals surface area contributed by atoms with Gasteiger partial charge in [0, 0.05) is 18.8 Å². The van der Waals surface area contributed by atoms with Gasteiger partial charge in [0.25, 0.3) is 0 Å². The Morgan fingerprint density at radius 1 is 1.29 bits per heavy atom. The first-order valence-corrected chi connectivity index (χ1v) is 8.57. The molecule has 1 fully saturated rings. The highest BCUT2D eigenvalue weighted by Gasteiger charge is 2.40. The molecule has 2 nitrogen and oxygen atoms in total. The second-order valence-electron chi connectivity index (χ2n) is 7.11. The Morgan fingerprint density at radius 2 is 1.95 bits per heavy atom. The number of benzene rings is 1. The normalized spacial score (nSPS) is 26.1. The zero-order chi connectivity index (χ0) is 15.5. The van der Waals surface area contributed by atoms with Gasteiger partial charge in [-0.15, -0.1) is 0 Å². The molecule has 2 unspecified atom stereocenters. The zero-order valence-corrected chi connectivity index (χ0v) is 14.2. The fourth-order valence-electron chi connectivity index (χ4n) is 4.01. The predicted octanol–water partition coefficient (Wildman–Crippen LogP) is 4.37. The van der Waals surface area contributed by atoms with E-state index in [1.54, 1.807) is 0 Å². The lowest BCUT2D eigenvalue weighted by molar-refractivity contribution is 0.179. The van der Waals surface area contributed by atoms with Crippen molar-refractivity contribution in [1.82, 2.24) is 0 Å². The molecule has 2 rings (SSSR count). The highest BCUT2D eigenvalue weighted by molar-refractivity contribution is 5.50. The van der Waals surface area contributed by atoms with Crippen LogP contribution in [-0.4, -0.2) is 18.6 Å². The van der Waals surface area contributed by atoms with E-state index in [-0.39, 0.29) is 5.54 Å². The number of anilines is 1. The van der Waals surface area contributed by atoms with Crippen LogP contribution in [-0.2, 0) is 0 Å². The van der Waals surface area contributed by atoms with Gasteiger partial charge in [0.1, 0.15) is 0 Å². The average Bonchev–Trinajstić information content (AvgIpc) is 2.50. The molecular formula is C19H32N2. The monoisotopic (exact) mass is 288 g/mol. The third-order valence-corrected chi connectivity index (χ3v) is 5.42. The van der Waals surface area contributed by atoms with Crippen molar-refractivity contribution in [3.8, 4) is 0 Å². The first-order valence-electron chi connectivity index (χ1n) is 8.57. The topological polar surface area (TPSA) is 29.3 Å². The molecule has 118 valence electrons. The minimum atomic E-state index is 0.150. The second kappa shape index (κ2) is 6.83. The molecule has 0 aliphatic heterocycles. The number of likely N-dealkylation sites (N-methyl/N-ethyl adjacent to an activating group) is 1. The Balaban J connectivity index is 2.29. The molecule has 21 heavy (non-hydrogen) atoms. The lowest BCUT2D eigenvalue weighted by Crippen LogP contribution is -2.57. The highest BCUT2D eigenvalue weighted by atomic mass is 15.2. The maximum atomic E-state index is 6.30. The van der Waals surface area contributed by atoms with Crippen molar-refractivity contribution < 1.29 is 0 Å². The number of nitrogens with two attached hydrogens (primary N) is 1. The van der Waals surface area contributed by atoms with Crippen LogP contribution < -0.4 is 10.6 Å². The average molecular weight is 288 g/mol. The summed E-state index contributed by atoms with van der Waals surface area (Å²) in [6, 6.07) is 8.94. The van der Waals surface area contributed by atoms with E-state index in [1.165, 1.54) is 36.9 Å². The van der Waals surface area contributed by atoms with E-state index in [2.05, 4.69) is 56.9 Å². The van der Waals surface area contributed by atoms with Crippen LogP contribution in [0.5, 0.6) is 0 Å². The molecule has 2 atom stereocenters. The van der Waals surface area contributed by atoms with E-state index in [0.717, 1.165) is 24.9 Å². The maximum absolute atomic E-state index is 6.30. The SMILES string of the molecule is CCN(c1ccc(C)cc1)C1(CN)CCCC(C(C)C)C1. The maximum Gasteiger partial charge on any atom is 0.0526 e. The van der Waals surface area contributed by atoms with Crippen molar-refractivity contribution in [3.05, 3.63) is 29.8 Å². The largest absolute Gasteiger partial charge is 0.365 e. The minimum absolute atomic E-state index is 0.150. The number of hydrogen-bond donors (Lipinski definition) is 1. The Labute approximate surface area is 130 Å². The van der Waals surface area contributed by atoms with Gasteiger partial charge in [-0.3, -0.25) is 0 Å². The van der Waals surface area contributed by atoms with E-state index in [1.807, 2.05) is 0 Å². The summed E-state index contributed by atoms with van der Waals surface area (Å²) in [5.41, 5.74) is 9.10. The Bertz CT molecular complexity index is 437. The van der Waals surface area contributed by atoms with Crippen LogP contribution in [0, 0.1) is 18.8 Å². The first-order chi connectivity index (χ1) is 10.0. The molecule has 0 heterocycles. The molecule has 0 spiro atoms. The van der Waals surface area contributed by atoms with Crippen molar-refractivity contribution in [2.45, 2.75) is 58.9 Å². The number of hydrogen-bond acceptors (Lipinski definition) is 2. The summed E-state index contributed by atoms with van der Waals surface area (Å²) in [4.78, 5) is 2.57. The zero-order valence-electron chi connectivity index (χ0n) is 14.2. The highest BCUT2D eigenvalue weighted by Crippen LogP contribution is 2.41. The van der Waals surface area contributed by atoms with Gasteiger partial charge in [-0.2, -0.15) is 0 Å². The van der Waals surface area contributed by atoms with Crippen LogP contribution in [0.15, 0.2) is 24.3 Å². The standard InChI is InChI=1S/C19H32N2/c1-5-21(18-10-8-16(4)9-11-18)19(14-20)12-6-7-17(13-19)15(2)3/h8-11,15,17H,5-7,12-14,20H2,1-4H3. The van der Waals surface area contributed by atoms with Gasteiger partial charge in [-0.25, -0.2) is 0 Å². The molecule has 2 heteroatoms. The summed E-state index contributed by atoms with van der Waals surface area (Å²) in [5, 5.41) is 0. The molecule has 0 amide bonds. The van der Waals surface area contributed by atoms with Crippen LogP contribution in [0.4, 0.5) is 5.69 Å². The fraction of sp³-hybridized carbons (Fsp3) is 0.684. The Kier molecular flexibility index (Phi) is 5.32. The van der Waals surface area contributed by atoms with Crippen molar-refractivity contribution in [3.63, 3.8) is 0 Å². The quantitative estimate of drug-likeness (QED) is 0.872. The van der Waals surface area contributed by atoms with Crippen molar-refractivity contribution in [2.24, 2.45) is 17.6 Å². The second-order valence-corrected chi connectivity index (χ2v) is 7.11. The summed E-state index contributed by atoms with van der Waals surface area (Å²) >= 11 is 0. The molecule has 0 saturated heterocycles. The van der Waals surface area contributed by atoms with Gasteiger partial charge in [0.15, 0.2) is 0 Å². The summed E-state index contributed by atoms with van der Waals surface area (Å²) < 4.78 is 0. The van der Waals surface area contributed by atoms with Gasteiger partial charge in [-0.1, -0.05) is 44.4 Å². The van der Waals surface area contributed by atoms with Crippen LogP contribution in [0.1, 0.15) is 52.0 Å². The minimum Gasteiger partial charge on any atom is -0.365 e. The number of nitrogens with zero attached hydrogens (tertiary/aromatic N) is 1. The van der Waals surface area contributed by atoms with Crippen molar-refractivity contribution >= 4 is 5.69 Å². The van der Waals surface area contributed by atoms with Gasteiger partial charge >= 0.3 is 0 Å². The summed E-state index contributed by atoms with van der Waals surface area (Å²) in [5.74, 6) is 1.56. The summed E-state index contributed by atoms with van der Waals surface area (Å²) in [6.07, 6.45) is 5.14. The van der Waals surface area contributed by atoms with E-state index in [9.17, 15) is 0 Å². The Morgan fingerprint density at radius 3 is 2.48 bits per heavy atom. The first kappa shape index (κ1) is 16.4. The van der Waals surface area contributed by atoms with Crippen LogP contribution >= 0.6 is 0 Å². The number of rotatable bonds is 5. The molecule has 1 aliphatic rings. The molecule has 1 aromatic rings. The van der Waals surface area contributed by atoms with Gasteiger partial charge < -0.3 is 10.6 Å². The molecule has 1 aliphatic carbocycles. The van der Waals surface area contributed by atoms with E-state index < -0.39 is 0 Å². The van der Waals surface area contributed by atoms with Crippen LogP contribution in [0.3, 0.4) is 0 Å². The molecule has 0 bridgehead atoms.